The summed E-state index contributed by atoms with van der Waals surface area (Å²) < 4.78 is 5.50. The van der Waals surface area contributed by atoms with E-state index in [2.05, 4.69) is 22.8 Å². The fourth-order valence-corrected chi connectivity index (χ4v) is 4.80. The van der Waals surface area contributed by atoms with Crippen LogP contribution in [0.2, 0.25) is 5.02 Å². The molecular formula is C26H20ClN2O4. The van der Waals surface area contributed by atoms with Gasteiger partial charge in [0.25, 0.3) is 0 Å². The summed E-state index contributed by atoms with van der Waals surface area (Å²) in [5, 5.41) is 16.9. The summed E-state index contributed by atoms with van der Waals surface area (Å²) in [5.41, 5.74) is 6.45. The first-order valence-corrected chi connectivity index (χ1v) is 10.9. The monoisotopic (exact) mass is 459 g/mol. The first-order chi connectivity index (χ1) is 16.0. The van der Waals surface area contributed by atoms with E-state index in [1.807, 2.05) is 36.4 Å². The Balaban J connectivity index is 1.27. The van der Waals surface area contributed by atoms with Crippen LogP contribution in [0.15, 0.2) is 72.9 Å². The van der Waals surface area contributed by atoms with Crippen molar-refractivity contribution in [2.75, 3.05) is 6.61 Å². The maximum atomic E-state index is 12.6. The van der Waals surface area contributed by atoms with Crippen molar-refractivity contribution < 1.29 is 19.4 Å². The first-order valence-electron chi connectivity index (χ1n) is 10.6. The Hall–Kier alpha value is -3.77. The highest BCUT2D eigenvalue weighted by Crippen LogP contribution is 2.44. The number of halogens is 1. The Morgan fingerprint density at radius 3 is 2.33 bits per heavy atom. The van der Waals surface area contributed by atoms with Crippen molar-refractivity contribution in [1.82, 2.24) is 10.6 Å². The van der Waals surface area contributed by atoms with Crippen LogP contribution >= 0.6 is 11.6 Å². The highest BCUT2D eigenvalue weighted by atomic mass is 35.5. The van der Waals surface area contributed by atoms with Gasteiger partial charge in [0.1, 0.15) is 12.6 Å². The number of hydrogen-bond acceptors (Lipinski definition) is 3. The standard InChI is InChI=1S/C26H20ClN2O4/c27-21-10-5-11-22-24(21)15(13-28-22)12-23(25(30)31)29-26(32)33-14-20-18-8-3-1-6-16(18)17-7-2-4-9-19(17)20/h1-11,13,20,23H,12,14H2,(H,29,32)(H,30,31)/t23-/m1/s1. The third-order valence-corrected chi connectivity index (χ3v) is 6.35. The fourth-order valence-electron chi connectivity index (χ4n) is 4.51. The number of nitrogens with zero attached hydrogens (tertiary/aromatic N) is 1. The fraction of sp³-hybridized carbons (Fsp3) is 0.154. The number of carboxylic acid groups (broad SMARTS) is 1. The van der Waals surface area contributed by atoms with Crippen molar-refractivity contribution in [2.24, 2.45) is 0 Å². The third kappa shape index (κ3) is 3.94. The van der Waals surface area contributed by atoms with Gasteiger partial charge in [0, 0.05) is 24.1 Å². The lowest BCUT2D eigenvalue weighted by Gasteiger charge is -2.18. The minimum Gasteiger partial charge on any atom is -0.480 e. The number of fused-ring (bicyclic) bond motifs is 4. The summed E-state index contributed by atoms with van der Waals surface area (Å²) in [6.07, 6.45) is 0.852. The molecule has 165 valence electrons. The average molecular weight is 460 g/mol. The maximum absolute atomic E-state index is 12.6. The molecule has 0 saturated carbocycles. The second kappa shape index (κ2) is 8.64. The number of hydrogen-bond donors (Lipinski definition) is 2. The third-order valence-electron chi connectivity index (χ3n) is 6.03. The molecule has 33 heavy (non-hydrogen) atoms. The van der Waals surface area contributed by atoms with E-state index >= 15 is 0 Å². The number of benzene rings is 3. The van der Waals surface area contributed by atoms with Crippen LogP contribution in [0.5, 0.6) is 0 Å². The second-order valence-corrected chi connectivity index (χ2v) is 8.39. The van der Waals surface area contributed by atoms with Gasteiger partial charge in [-0.3, -0.25) is 5.32 Å². The molecule has 5 rings (SSSR count). The second-order valence-electron chi connectivity index (χ2n) is 7.98. The van der Waals surface area contributed by atoms with E-state index in [-0.39, 0.29) is 18.9 Å². The molecule has 0 aromatic heterocycles. The molecular weight excluding hydrogens is 440 g/mol. The van der Waals surface area contributed by atoms with Crippen molar-refractivity contribution >= 4 is 34.9 Å². The molecule has 0 spiro atoms. The van der Waals surface area contributed by atoms with Gasteiger partial charge < -0.3 is 15.2 Å². The summed E-state index contributed by atoms with van der Waals surface area (Å²) in [7, 11) is 0. The van der Waals surface area contributed by atoms with Gasteiger partial charge in [0.05, 0.1) is 10.7 Å². The summed E-state index contributed by atoms with van der Waals surface area (Å²) in [4.78, 5) is 24.4. The predicted molar refractivity (Wildman–Crippen MR) is 125 cm³/mol. The number of nitrogens with one attached hydrogen (secondary N) is 1. The Morgan fingerprint density at radius 1 is 1.00 bits per heavy atom. The zero-order valence-electron chi connectivity index (χ0n) is 17.5. The van der Waals surface area contributed by atoms with Gasteiger partial charge in [0.15, 0.2) is 0 Å². The molecule has 0 bridgehead atoms. The summed E-state index contributed by atoms with van der Waals surface area (Å²) in [5.74, 6) is -1.27. The van der Waals surface area contributed by atoms with Crippen LogP contribution in [0.3, 0.4) is 0 Å². The molecule has 2 N–H and O–H groups in total. The SMILES string of the molecule is O=C(N[C@H](CC1=C[N]c2cccc(Cl)c21)C(=O)O)OCC1c2ccccc2-c2ccccc21. The lowest BCUT2D eigenvalue weighted by atomic mass is 9.98. The van der Waals surface area contributed by atoms with Crippen LogP contribution < -0.4 is 10.6 Å². The van der Waals surface area contributed by atoms with E-state index < -0.39 is 18.1 Å². The van der Waals surface area contributed by atoms with Crippen molar-refractivity contribution in [1.29, 1.82) is 0 Å². The first kappa shape index (κ1) is 21.1. The van der Waals surface area contributed by atoms with Gasteiger partial charge in [-0.25, -0.2) is 9.59 Å². The minimum atomic E-state index is -1.18. The number of aliphatic carboxylic acids is 1. The van der Waals surface area contributed by atoms with Gasteiger partial charge in [-0.1, -0.05) is 66.2 Å². The molecule has 1 amide bonds. The molecule has 0 unspecified atom stereocenters. The zero-order valence-corrected chi connectivity index (χ0v) is 18.3. The van der Waals surface area contributed by atoms with Gasteiger partial charge in [-0.05, 0) is 40.0 Å². The topological polar surface area (TPSA) is 89.7 Å². The van der Waals surface area contributed by atoms with Crippen LogP contribution in [-0.4, -0.2) is 29.8 Å². The summed E-state index contributed by atoms with van der Waals surface area (Å²) in [6.45, 7) is 0.110. The number of ether oxygens (including phenoxy) is 1. The lowest BCUT2D eigenvalue weighted by Crippen LogP contribution is -2.41. The molecule has 0 saturated heterocycles. The average Bonchev–Trinajstić information content (AvgIpc) is 3.37. The normalized spacial score (nSPS) is 14.4. The van der Waals surface area contributed by atoms with E-state index in [1.165, 1.54) is 0 Å². The summed E-state index contributed by atoms with van der Waals surface area (Å²) >= 11 is 6.28. The molecule has 2 aliphatic rings. The van der Waals surface area contributed by atoms with Gasteiger partial charge in [0.2, 0.25) is 0 Å². The van der Waals surface area contributed by atoms with Crippen LogP contribution in [0, 0.1) is 0 Å². The van der Waals surface area contributed by atoms with Crippen molar-refractivity contribution in [2.45, 2.75) is 18.4 Å². The lowest BCUT2D eigenvalue weighted by molar-refractivity contribution is -0.139. The van der Waals surface area contributed by atoms with Crippen molar-refractivity contribution in [3.05, 3.63) is 94.6 Å². The molecule has 1 aliphatic heterocycles. The largest absolute Gasteiger partial charge is 0.480 e. The predicted octanol–water partition coefficient (Wildman–Crippen LogP) is 5.31. The van der Waals surface area contributed by atoms with E-state index in [9.17, 15) is 14.7 Å². The van der Waals surface area contributed by atoms with Crippen LogP contribution in [0.4, 0.5) is 10.5 Å². The van der Waals surface area contributed by atoms with E-state index in [1.54, 1.807) is 24.4 Å². The van der Waals surface area contributed by atoms with Crippen LogP contribution in [0.25, 0.3) is 16.7 Å². The van der Waals surface area contributed by atoms with Crippen molar-refractivity contribution in [3.8, 4) is 11.1 Å². The number of rotatable bonds is 6. The molecule has 3 aromatic rings. The van der Waals surface area contributed by atoms with Crippen molar-refractivity contribution in [3.63, 3.8) is 0 Å². The molecule has 1 heterocycles. The van der Waals surface area contributed by atoms with Gasteiger partial charge in [-0.2, -0.15) is 0 Å². The Labute approximate surface area is 195 Å². The number of amides is 1. The Morgan fingerprint density at radius 2 is 1.67 bits per heavy atom. The summed E-state index contributed by atoms with van der Waals surface area (Å²) in [6, 6.07) is 20.2. The maximum Gasteiger partial charge on any atom is 0.407 e. The number of carboxylic acids is 1. The van der Waals surface area contributed by atoms with Gasteiger partial charge >= 0.3 is 12.1 Å². The molecule has 1 aliphatic carbocycles. The molecule has 3 aromatic carbocycles. The van der Waals surface area contributed by atoms with Gasteiger partial charge in [-0.15, -0.1) is 0 Å². The van der Waals surface area contributed by atoms with E-state index in [0.717, 1.165) is 22.3 Å². The Bertz CT molecular complexity index is 1240. The van der Waals surface area contributed by atoms with E-state index in [4.69, 9.17) is 16.3 Å². The quantitative estimate of drug-likeness (QED) is 0.522. The molecule has 1 atom stereocenters. The molecule has 6 nitrogen and oxygen atoms in total. The van der Waals surface area contributed by atoms with E-state index in [0.29, 0.717) is 21.8 Å². The number of alkyl carbamates (subject to hydrolysis) is 1. The number of carbonyl (C=O) groups excluding carboxylic acids is 1. The highest BCUT2D eigenvalue weighted by Gasteiger charge is 2.30. The molecule has 7 heteroatoms. The minimum absolute atomic E-state index is 0.0414. The van der Waals surface area contributed by atoms with Crippen LogP contribution in [0.1, 0.15) is 29.0 Å². The molecule has 1 radical (unpaired) electrons. The molecule has 0 fully saturated rings. The smallest absolute Gasteiger partial charge is 0.407 e. The Kier molecular flexibility index (Phi) is 5.52. The highest BCUT2D eigenvalue weighted by molar-refractivity contribution is 6.33. The zero-order chi connectivity index (χ0) is 22.9. The number of carbonyl (C=O) groups is 2. The van der Waals surface area contributed by atoms with Crippen LogP contribution in [-0.2, 0) is 9.53 Å².